The minimum Gasteiger partial charge on any atom is -0.493 e. The van der Waals surface area contributed by atoms with Crippen LogP contribution < -0.4 is 19.5 Å². The van der Waals surface area contributed by atoms with E-state index in [1.807, 2.05) is 24.3 Å². The molecule has 26 heavy (non-hydrogen) atoms. The van der Waals surface area contributed by atoms with Gasteiger partial charge in [0, 0.05) is 17.5 Å². The van der Waals surface area contributed by atoms with E-state index in [1.165, 1.54) is 0 Å². The molecule has 0 aliphatic carbocycles. The summed E-state index contributed by atoms with van der Waals surface area (Å²) in [6.07, 6.45) is 0.746. The smallest absolute Gasteiger partial charge is 0.251 e. The molecule has 5 nitrogen and oxygen atoms in total. The average Bonchev–Trinajstić information content (AvgIpc) is 2.66. The number of amides is 1. The fraction of sp³-hybridized carbons (Fsp3) is 0.381. The van der Waals surface area contributed by atoms with Gasteiger partial charge in [-0.05, 0) is 30.2 Å². The predicted molar refractivity (Wildman–Crippen MR) is 100 cm³/mol. The third-order valence-electron chi connectivity index (χ3n) is 4.26. The van der Waals surface area contributed by atoms with Crippen molar-refractivity contribution in [3.63, 3.8) is 0 Å². The Labute approximate surface area is 154 Å². The van der Waals surface area contributed by atoms with E-state index in [-0.39, 0.29) is 11.9 Å². The van der Waals surface area contributed by atoms with E-state index in [0.717, 1.165) is 17.7 Å². The number of carbonyl (C=O) groups excluding carboxylic acids is 1. The first-order valence-electron chi connectivity index (χ1n) is 8.92. The average molecular weight is 355 g/mol. The van der Waals surface area contributed by atoms with E-state index in [0.29, 0.717) is 36.2 Å². The van der Waals surface area contributed by atoms with Crippen LogP contribution >= 0.6 is 0 Å². The fourth-order valence-corrected chi connectivity index (χ4v) is 2.92. The van der Waals surface area contributed by atoms with Gasteiger partial charge in [-0.3, -0.25) is 4.79 Å². The Balaban J connectivity index is 1.74. The molecule has 138 valence electrons. The molecule has 0 bridgehead atoms. The van der Waals surface area contributed by atoms with Crippen LogP contribution in [0.5, 0.6) is 17.2 Å². The number of hydrogen-bond donors (Lipinski definition) is 1. The Morgan fingerprint density at radius 2 is 2.04 bits per heavy atom. The minimum atomic E-state index is -0.139. The quantitative estimate of drug-likeness (QED) is 0.851. The predicted octanol–water partition coefficient (Wildman–Crippen LogP) is 3.98. The number of para-hydroxylation sites is 1. The molecule has 1 heterocycles. The highest BCUT2D eigenvalue weighted by atomic mass is 16.5. The molecule has 1 aliphatic heterocycles. The first-order chi connectivity index (χ1) is 12.6. The van der Waals surface area contributed by atoms with Gasteiger partial charge in [0.2, 0.25) is 0 Å². The van der Waals surface area contributed by atoms with Crippen molar-refractivity contribution in [2.24, 2.45) is 5.92 Å². The zero-order valence-electron chi connectivity index (χ0n) is 15.5. The topological polar surface area (TPSA) is 56.8 Å². The first-order valence-corrected chi connectivity index (χ1v) is 8.92. The summed E-state index contributed by atoms with van der Waals surface area (Å²) < 4.78 is 16.8. The highest BCUT2D eigenvalue weighted by molar-refractivity contribution is 5.95. The van der Waals surface area contributed by atoms with Gasteiger partial charge in [0.05, 0.1) is 26.4 Å². The lowest BCUT2D eigenvalue weighted by Crippen LogP contribution is -2.32. The molecule has 0 saturated carbocycles. The van der Waals surface area contributed by atoms with Crippen molar-refractivity contribution in [2.75, 3.05) is 20.3 Å². The van der Waals surface area contributed by atoms with Crippen molar-refractivity contribution >= 4 is 5.91 Å². The Morgan fingerprint density at radius 1 is 1.23 bits per heavy atom. The van der Waals surface area contributed by atoms with Crippen LogP contribution in [0.25, 0.3) is 0 Å². The van der Waals surface area contributed by atoms with Crippen molar-refractivity contribution < 1.29 is 19.0 Å². The van der Waals surface area contributed by atoms with Crippen LogP contribution in [0.15, 0.2) is 42.5 Å². The normalized spacial score (nSPS) is 15.8. The van der Waals surface area contributed by atoms with Gasteiger partial charge >= 0.3 is 0 Å². The Hall–Kier alpha value is -2.69. The minimum absolute atomic E-state index is 0.0599. The highest BCUT2D eigenvalue weighted by Crippen LogP contribution is 2.32. The number of hydrogen-bond acceptors (Lipinski definition) is 4. The number of nitrogens with one attached hydrogen (secondary N) is 1. The summed E-state index contributed by atoms with van der Waals surface area (Å²) in [5.41, 5.74) is 1.55. The molecule has 2 aromatic carbocycles. The number of methoxy groups -OCH3 is 1. The van der Waals surface area contributed by atoms with Crippen LogP contribution in [0.3, 0.4) is 0 Å². The zero-order valence-corrected chi connectivity index (χ0v) is 15.5. The Kier molecular flexibility index (Phi) is 5.66. The molecule has 0 radical (unpaired) electrons. The number of ether oxygens (including phenoxy) is 3. The highest BCUT2D eigenvalue weighted by Gasteiger charge is 2.23. The maximum atomic E-state index is 12.7. The Bertz CT molecular complexity index is 772. The summed E-state index contributed by atoms with van der Waals surface area (Å²) in [7, 11) is 1.58. The molecule has 5 heteroatoms. The second-order valence-electron chi connectivity index (χ2n) is 6.77. The molecule has 2 aromatic rings. The van der Waals surface area contributed by atoms with Gasteiger partial charge in [0.25, 0.3) is 5.91 Å². The number of benzene rings is 2. The number of rotatable bonds is 6. The van der Waals surface area contributed by atoms with Gasteiger partial charge in [-0.25, -0.2) is 0 Å². The lowest BCUT2D eigenvalue weighted by Gasteiger charge is -2.26. The first kappa shape index (κ1) is 18.1. The van der Waals surface area contributed by atoms with E-state index in [9.17, 15) is 4.79 Å². The molecule has 1 atom stereocenters. The molecule has 1 N–H and O–H groups in total. The van der Waals surface area contributed by atoms with E-state index in [4.69, 9.17) is 14.2 Å². The molecule has 1 amide bonds. The SMILES string of the molecule is COc1cc(C(=O)N[C@H]2CCOc3ccccc32)ccc1OCC(C)C. The summed E-state index contributed by atoms with van der Waals surface area (Å²) in [6.45, 7) is 5.36. The standard InChI is InChI=1S/C21H25NO4/c1-14(2)13-26-19-9-8-15(12-20(19)24-3)21(23)22-17-10-11-25-18-7-5-4-6-16(17)18/h4-9,12,14,17H,10-11,13H2,1-3H3,(H,22,23)/t17-/m0/s1. The summed E-state index contributed by atoms with van der Waals surface area (Å²) in [6, 6.07) is 13.0. The van der Waals surface area contributed by atoms with Gasteiger partial charge in [0.15, 0.2) is 11.5 Å². The number of carbonyl (C=O) groups is 1. The van der Waals surface area contributed by atoms with Crippen LogP contribution in [0.2, 0.25) is 0 Å². The molecule has 0 spiro atoms. The second kappa shape index (κ2) is 8.13. The number of fused-ring (bicyclic) bond motifs is 1. The zero-order chi connectivity index (χ0) is 18.5. The molecular formula is C21H25NO4. The summed E-state index contributed by atoms with van der Waals surface area (Å²) in [5.74, 6) is 2.32. The van der Waals surface area contributed by atoms with Crippen LogP contribution in [0.4, 0.5) is 0 Å². The second-order valence-corrected chi connectivity index (χ2v) is 6.77. The maximum absolute atomic E-state index is 12.7. The van der Waals surface area contributed by atoms with E-state index in [2.05, 4.69) is 19.2 Å². The van der Waals surface area contributed by atoms with Gasteiger partial charge in [0.1, 0.15) is 5.75 Å². The fourth-order valence-electron chi connectivity index (χ4n) is 2.92. The van der Waals surface area contributed by atoms with E-state index >= 15 is 0 Å². The molecule has 0 aromatic heterocycles. The monoisotopic (exact) mass is 355 g/mol. The van der Waals surface area contributed by atoms with Gasteiger partial charge in [-0.2, -0.15) is 0 Å². The molecule has 3 rings (SSSR count). The van der Waals surface area contributed by atoms with Crippen LogP contribution in [0.1, 0.15) is 42.2 Å². The lowest BCUT2D eigenvalue weighted by atomic mass is 10.00. The lowest BCUT2D eigenvalue weighted by molar-refractivity contribution is 0.0924. The molecule has 1 aliphatic rings. The Morgan fingerprint density at radius 3 is 2.81 bits per heavy atom. The van der Waals surface area contributed by atoms with Gasteiger partial charge < -0.3 is 19.5 Å². The molecular weight excluding hydrogens is 330 g/mol. The van der Waals surface area contributed by atoms with Crippen LogP contribution in [0, 0.1) is 5.92 Å². The van der Waals surface area contributed by atoms with E-state index < -0.39 is 0 Å². The summed E-state index contributed by atoms with van der Waals surface area (Å²) in [4.78, 5) is 12.7. The van der Waals surface area contributed by atoms with E-state index in [1.54, 1.807) is 25.3 Å². The molecule has 0 fully saturated rings. The van der Waals surface area contributed by atoms with Gasteiger partial charge in [-0.15, -0.1) is 0 Å². The van der Waals surface area contributed by atoms with Crippen molar-refractivity contribution in [1.82, 2.24) is 5.32 Å². The summed E-state index contributed by atoms with van der Waals surface area (Å²) in [5, 5.41) is 3.10. The molecule has 0 unspecified atom stereocenters. The van der Waals surface area contributed by atoms with Gasteiger partial charge in [-0.1, -0.05) is 32.0 Å². The summed E-state index contributed by atoms with van der Waals surface area (Å²) >= 11 is 0. The molecule has 0 saturated heterocycles. The third kappa shape index (κ3) is 4.10. The van der Waals surface area contributed by atoms with Crippen molar-refractivity contribution in [2.45, 2.75) is 26.3 Å². The third-order valence-corrected chi connectivity index (χ3v) is 4.26. The van der Waals surface area contributed by atoms with Crippen LogP contribution in [-0.2, 0) is 0 Å². The largest absolute Gasteiger partial charge is 0.493 e. The maximum Gasteiger partial charge on any atom is 0.251 e. The van der Waals surface area contributed by atoms with Crippen molar-refractivity contribution in [3.8, 4) is 17.2 Å². The van der Waals surface area contributed by atoms with Crippen LogP contribution in [-0.4, -0.2) is 26.2 Å². The van der Waals surface area contributed by atoms with Crippen molar-refractivity contribution in [3.05, 3.63) is 53.6 Å². The van der Waals surface area contributed by atoms with Crippen molar-refractivity contribution in [1.29, 1.82) is 0 Å².